The first-order valence-corrected chi connectivity index (χ1v) is 8.43. The summed E-state index contributed by atoms with van der Waals surface area (Å²) >= 11 is 0. The number of rotatable bonds is 15. The molecular weight excluding hydrogens is 268 g/mol. The molecule has 0 amide bonds. The first kappa shape index (κ1) is 20.8. The molecule has 1 unspecified atom stereocenters. The van der Waals surface area contributed by atoms with E-state index < -0.39 is 5.97 Å². The van der Waals surface area contributed by atoms with Gasteiger partial charge >= 0.3 is 0 Å². The van der Waals surface area contributed by atoms with Gasteiger partial charge in [0.05, 0.1) is 0 Å². The zero-order valence-electron chi connectivity index (χ0n) is 14.8. The quantitative estimate of drug-likeness (QED) is 0.332. The van der Waals surface area contributed by atoms with Crippen LogP contribution in [0.2, 0.25) is 0 Å². The summed E-state index contributed by atoms with van der Waals surface area (Å²) < 4.78 is 22.1. The molecule has 0 aromatic rings. The van der Waals surface area contributed by atoms with Gasteiger partial charge in [0.2, 0.25) is 0 Å². The van der Waals surface area contributed by atoms with Crippen molar-refractivity contribution >= 4 is 0 Å². The van der Waals surface area contributed by atoms with E-state index in [0.29, 0.717) is 0 Å². The van der Waals surface area contributed by atoms with Crippen LogP contribution < -0.4 is 0 Å². The van der Waals surface area contributed by atoms with Crippen molar-refractivity contribution in [2.45, 2.75) is 71.2 Å². The molecule has 0 aliphatic heterocycles. The summed E-state index contributed by atoms with van der Waals surface area (Å²) in [5.41, 5.74) is 0. The summed E-state index contributed by atoms with van der Waals surface area (Å²) in [6.07, 6.45) is 9.64. The summed E-state index contributed by atoms with van der Waals surface area (Å²) in [4.78, 5) is 0. The van der Waals surface area contributed by atoms with Crippen LogP contribution in [0.4, 0.5) is 0 Å². The van der Waals surface area contributed by atoms with Gasteiger partial charge in [-0.05, 0) is 19.8 Å². The fraction of sp³-hybridized carbons (Fsp3) is 1.00. The summed E-state index contributed by atoms with van der Waals surface area (Å²) in [6.45, 7) is 5.71. The SMILES string of the molecule is CCCCCCCCC(CCOCC)C(OC)(OC)OC. The van der Waals surface area contributed by atoms with Gasteiger partial charge in [0.25, 0.3) is 5.97 Å². The Morgan fingerprint density at radius 1 is 0.762 bits per heavy atom. The van der Waals surface area contributed by atoms with Crippen molar-refractivity contribution in [3.63, 3.8) is 0 Å². The van der Waals surface area contributed by atoms with Crippen molar-refractivity contribution in [1.82, 2.24) is 0 Å². The molecular formula is C17H36O4. The van der Waals surface area contributed by atoms with E-state index in [1.165, 1.54) is 38.5 Å². The highest BCUT2D eigenvalue weighted by molar-refractivity contribution is 4.71. The maximum Gasteiger partial charge on any atom is 0.285 e. The first-order chi connectivity index (χ1) is 10.2. The second-order valence-corrected chi connectivity index (χ2v) is 5.45. The molecule has 4 heteroatoms. The van der Waals surface area contributed by atoms with Crippen LogP contribution in [0.3, 0.4) is 0 Å². The van der Waals surface area contributed by atoms with Gasteiger partial charge in [0, 0.05) is 40.5 Å². The highest BCUT2D eigenvalue weighted by Gasteiger charge is 2.39. The van der Waals surface area contributed by atoms with Gasteiger partial charge in [-0.1, -0.05) is 45.4 Å². The Labute approximate surface area is 131 Å². The molecule has 21 heavy (non-hydrogen) atoms. The molecule has 0 radical (unpaired) electrons. The zero-order chi connectivity index (χ0) is 16.0. The molecule has 0 saturated carbocycles. The maximum atomic E-state index is 5.52. The van der Waals surface area contributed by atoms with Crippen molar-refractivity contribution in [1.29, 1.82) is 0 Å². The average Bonchev–Trinajstić information content (AvgIpc) is 2.52. The van der Waals surface area contributed by atoms with Crippen LogP contribution in [0.5, 0.6) is 0 Å². The van der Waals surface area contributed by atoms with Gasteiger partial charge in [0.15, 0.2) is 0 Å². The summed E-state index contributed by atoms with van der Waals surface area (Å²) in [7, 11) is 4.92. The Morgan fingerprint density at radius 3 is 1.86 bits per heavy atom. The average molecular weight is 304 g/mol. The van der Waals surface area contributed by atoms with Gasteiger partial charge in [-0.25, -0.2) is 0 Å². The van der Waals surface area contributed by atoms with Crippen LogP contribution in [-0.2, 0) is 18.9 Å². The Morgan fingerprint density at radius 2 is 1.33 bits per heavy atom. The molecule has 0 heterocycles. The van der Waals surface area contributed by atoms with Crippen LogP contribution in [0.25, 0.3) is 0 Å². The van der Waals surface area contributed by atoms with Crippen molar-refractivity contribution in [3.8, 4) is 0 Å². The lowest BCUT2D eigenvalue weighted by Gasteiger charge is -2.36. The number of hydrogen-bond donors (Lipinski definition) is 0. The van der Waals surface area contributed by atoms with Crippen LogP contribution in [0.15, 0.2) is 0 Å². The highest BCUT2D eigenvalue weighted by Crippen LogP contribution is 2.31. The molecule has 4 nitrogen and oxygen atoms in total. The minimum absolute atomic E-state index is 0.190. The zero-order valence-corrected chi connectivity index (χ0v) is 14.8. The predicted octanol–water partition coefficient (Wildman–Crippen LogP) is 4.37. The molecule has 0 aromatic heterocycles. The molecule has 0 N–H and O–H groups in total. The minimum Gasteiger partial charge on any atom is -0.382 e. The molecule has 0 saturated heterocycles. The molecule has 0 fully saturated rings. The van der Waals surface area contributed by atoms with Crippen LogP contribution in [0.1, 0.15) is 65.2 Å². The van der Waals surface area contributed by atoms with Crippen LogP contribution in [-0.4, -0.2) is 40.5 Å². The van der Waals surface area contributed by atoms with E-state index in [1.54, 1.807) is 21.3 Å². The molecule has 0 rings (SSSR count). The maximum absolute atomic E-state index is 5.52. The number of hydrogen-bond acceptors (Lipinski definition) is 4. The molecule has 0 aliphatic rings. The lowest BCUT2D eigenvalue weighted by Crippen LogP contribution is -2.44. The highest BCUT2D eigenvalue weighted by atomic mass is 16.9. The first-order valence-electron chi connectivity index (χ1n) is 8.43. The normalized spacial score (nSPS) is 13.6. The standard InChI is InChI=1S/C17H36O4/c1-6-8-9-10-11-12-13-16(14-15-21-7-2)17(18-3,19-4)20-5/h16H,6-15H2,1-5H3. The lowest BCUT2D eigenvalue weighted by atomic mass is 9.94. The van der Waals surface area contributed by atoms with Gasteiger partial charge in [-0.2, -0.15) is 0 Å². The summed E-state index contributed by atoms with van der Waals surface area (Å²) in [5, 5.41) is 0. The van der Waals surface area contributed by atoms with Crippen molar-refractivity contribution in [3.05, 3.63) is 0 Å². The number of unbranched alkanes of at least 4 members (excludes halogenated alkanes) is 5. The van der Waals surface area contributed by atoms with E-state index in [4.69, 9.17) is 18.9 Å². The number of methoxy groups -OCH3 is 3. The smallest absolute Gasteiger partial charge is 0.285 e. The van der Waals surface area contributed by atoms with E-state index in [9.17, 15) is 0 Å². The molecule has 0 bridgehead atoms. The Balaban J connectivity index is 4.30. The van der Waals surface area contributed by atoms with Gasteiger partial charge in [-0.15, -0.1) is 0 Å². The second-order valence-electron chi connectivity index (χ2n) is 5.45. The van der Waals surface area contributed by atoms with Crippen LogP contribution >= 0.6 is 0 Å². The van der Waals surface area contributed by atoms with Gasteiger partial charge in [-0.3, -0.25) is 0 Å². The largest absolute Gasteiger partial charge is 0.382 e. The fourth-order valence-electron chi connectivity index (χ4n) is 2.79. The molecule has 1 atom stereocenters. The minimum atomic E-state index is -0.944. The second kappa shape index (κ2) is 13.5. The molecule has 0 aliphatic carbocycles. The van der Waals surface area contributed by atoms with Gasteiger partial charge < -0.3 is 18.9 Å². The monoisotopic (exact) mass is 304 g/mol. The van der Waals surface area contributed by atoms with E-state index in [-0.39, 0.29) is 5.92 Å². The number of ether oxygens (including phenoxy) is 4. The molecule has 128 valence electrons. The third-order valence-electron chi connectivity index (χ3n) is 4.07. The van der Waals surface area contributed by atoms with Crippen molar-refractivity contribution in [2.24, 2.45) is 5.92 Å². The van der Waals surface area contributed by atoms with Crippen LogP contribution in [0, 0.1) is 5.92 Å². The fourth-order valence-corrected chi connectivity index (χ4v) is 2.79. The summed E-state index contributed by atoms with van der Waals surface area (Å²) in [6, 6.07) is 0. The van der Waals surface area contributed by atoms with E-state index in [2.05, 4.69) is 6.92 Å². The predicted molar refractivity (Wildman–Crippen MR) is 86.4 cm³/mol. The molecule has 0 aromatic carbocycles. The van der Waals surface area contributed by atoms with E-state index in [0.717, 1.165) is 26.1 Å². The van der Waals surface area contributed by atoms with Gasteiger partial charge in [0.1, 0.15) is 0 Å². The van der Waals surface area contributed by atoms with Crippen molar-refractivity contribution in [2.75, 3.05) is 34.5 Å². The van der Waals surface area contributed by atoms with E-state index in [1.807, 2.05) is 6.92 Å². The van der Waals surface area contributed by atoms with Crippen molar-refractivity contribution < 1.29 is 18.9 Å². The van der Waals surface area contributed by atoms with E-state index >= 15 is 0 Å². The Kier molecular flexibility index (Phi) is 13.4. The summed E-state index contributed by atoms with van der Waals surface area (Å²) in [5.74, 6) is -0.754. The topological polar surface area (TPSA) is 36.9 Å². The Hall–Kier alpha value is -0.160. The Bertz CT molecular complexity index is 209. The molecule has 0 spiro atoms. The third kappa shape index (κ3) is 8.15. The lowest BCUT2D eigenvalue weighted by molar-refractivity contribution is -0.381. The third-order valence-corrected chi connectivity index (χ3v) is 4.07.